The molecule has 24 heavy (non-hydrogen) atoms. The molecule has 1 aromatic rings. The van der Waals surface area contributed by atoms with Gasteiger partial charge in [0.15, 0.2) is 0 Å². The summed E-state index contributed by atoms with van der Waals surface area (Å²) >= 11 is 0. The summed E-state index contributed by atoms with van der Waals surface area (Å²) in [6, 6.07) is -0.226. The first kappa shape index (κ1) is 19.4. The number of aromatic carboxylic acids is 1. The first-order chi connectivity index (χ1) is 11.0. The number of anilines is 1. The van der Waals surface area contributed by atoms with Crippen LogP contribution in [0.4, 0.5) is 24.7 Å². The van der Waals surface area contributed by atoms with E-state index in [1.165, 1.54) is 11.0 Å². The predicted molar refractivity (Wildman–Crippen MR) is 80.1 cm³/mol. The number of nitrogens with zero attached hydrogens (tertiary/aromatic N) is 3. The van der Waals surface area contributed by atoms with Crippen molar-refractivity contribution in [1.82, 2.24) is 4.98 Å². The van der Waals surface area contributed by atoms with E-state index in [0.717, 1.165) is 0 Å². The van der Waals surface area contributed by atoms with Crippen LogP contribution < -0.4 is 4.90 Å². The maximum absolute atomic E-state index is 13.3. The smallest absolute Gasteiger partial charge is 0.420 e. The molecule has 0 fully saturated rings. The number of carboxylic acids is 1. The molecule has 0 atom stereocenters. The lowest BCUT2D eigenvalue weighted by atomic mass is 10.1. The van der Waals surface area contributed by atoms with Gasteiger partial charge in [0, 0.05) is 18.7 Å². The van der Waals surface area contributed by atoms with E-state index in [0.29, 0.717) is 6.42 Å². The Morgan fingerprint density at radius 3 is 2.50 bits per heavy atom. The number of aromatic nitrogens is 1. The van der Waals surface area contributed by atoms with Gasteiger partial charge in [-0.1, -0.05) is 6.08 Å². The largest absolute Gasteiger partial charge is 0.476 e. The lowest BCUT2D eigenvalue weighted by molar-refractivity contribution is -0.385. The van der Waals surface area contributed by atoms with Crippen LogP contribution in [0.25, 0.3) is 0 Å². The molecule has 0 saturated carbocycles. The zero-order chi connectivity index (χ0) is 18.7. The minimum atomic E-state index is -4.93. The number of pyridine rings is 1. The van der Waals surface area contributed by atoms with E-state index in [1.54, 1.807) is 13.8 Å². The van der Waals surface area contributed by atoms with Crippen LogP contribution in [-0.2, 0) is 6.18 Å². The second-order valence-corrected chi connectivity index (χ2v) is 5.15. The number of hydrogen-bond acceptors (Lipinski definition) is 5. The maximum Gasteiger partial charge on any atom is 0.420 e. The van der Waals surface area contributed by atoms with Crippen molar-refractivity contribution in [2.75, 3.05) is 11.4 Å². The van der Waals surface area contributed by atoms with Crippen molar-refractivity contribution in [3.8, 4) is 0 Å². The first-order valence-corrected chi connectivity index (χ1v) is 6.88. The fourth-order valence-electron chi connectivity index (χ4n) is 2.06. The van der Waals surface area contributed by atoms with Crippen LogP contribution in [0.5, 0.6) is 0 Å². The maximum atomic E-state index is 13.3. The van der Waals surface area contributed by atoms with Gasteiger partial charge in [0.25, 0.3) is 0 Å². The molecule has 1 heterocycles. The lowest BCUT2D eigenvalue weighted by Crippen LogP contribution is -2.35. The van der Waals surface area contributed by atoms with Gasteiger partial charge in [0.05, 0.1) is 4.92 Å². The number of nitro groups is 1. The molecule has 0 radical (unpaired) electrons. The van der Waals surface area contributed by atoms with Gasteiger partial charge in [-0.05, 0) is 20.3 Å². The zero-order valence-electron chi connectivity index (χ0n) is 13.0. The summed E-state index contributed by atoms with van der Waals surface area (Å²) < 4.78 is 39.9. The zero-order valence-corrected chi connectivity index (χ0v) is 13.0. The Morgan fingerprint density at radius 1 is 1.54 bits per heavy atom. The Hall–Kier alpha value is -2.65. The Labute approximate surface area is 135 Å². The van der Waals surface area contributed by atoms with Crippen molar-refractivity contribution < 1.29 is 28.0 Å². The topological polar surface area (TPSA) is 96.6 Å². The van der Waals surface area contributed by atoms with Crippen molar-refractivity contribution >= 4 is 17.5 Å². The van der Waals surface area contributed by atoms with Crippen LogP contribution >= 0.6 is 0 Å². The van der Waals surface area contributed by atoms with Crippen LogP contribution in [0.15, 0.2) is 18.7 Å². The van der Waals surface area contributed by atoms with Crippen molar-refractivity contribution in [3.63, 3.8) is 0 Å². The summed E-state index contributed by atoms with van der Waals surface area (Å²) in [6.45, 7) is 6.80. The third kappa shape index (κ3) is 4.21. The molecule has 0 unspecified atom stereocenters. The molecule has 0 aliphatic carbocycles. The Morgan fingerprint density at radius 2 is 2.12 bits per heavy atom. The van der Waals surface area contributed by atoms with E-state index in [2.05, 4.69) is 11.6 Å². The number of carbonyl (C=O) groups is 1. The third-order valence-electron chi connectivity index (χ3n) is 3.16. The Balaban J connectivity index is 3.71. The van der Waals surface area contributed by atoms with Crippen LogP contribution in [0.2, 0.25) is 0 Å². The second kappa shape index (κ2) is 7.28. The SMILES string of the molecule is C=CCCN(c1nc(C(=O)O)c([N+](=O)[O-])cc1C(F)(F)F)C(C)C. The molecule has 0 amide bonds. The molecule has 10 heteroatoms. The molecule has 7 nitrogen and oxygen atoms in total. The normalized spacial score (nSPS) is 11.4. The number of alkyl halides is 3. The standard InChI is InChI=1S/C14H16F3N3O4/c1-4-5-6-19(8(2)3)12-9(14(15,16)17)7-10(20(23)24)11(18-12)13(21)22/h4,7-8H,1,5-6H2,2-3H3,(H,21,22). The van der Waals surface area contributed by atoms with Gasteiger partial charge in [-0.15, -0.1) is 6.58 Å². The van der Waals surface area contributed by atoms with Gasteiger partial charge < -0.3 is 10.0 Å². The van der Waals surface area contributed by atoms with Crippen LogP contribution in [0.3, 0.4) is 0 Å². The highest BCUT2D eigenvalue weighted by molar-refractivity contribution is 5.91. The molecule has 0 bridgehead atoms. The van der Waals surface area contributed by atoms with Gasteiger partial charge in [0.2, 0.25) is 5.69 Å². The van der Waals surface area contributed by atoms with Crippen LogP contribution in [0, 0.1) is 10.1 Å². The van der Waals surface area contributed by atoms with Crippen molar-refractivity contribution in [2.45, 2.75) is 32.5 Å². The molecule has 1 rings (SSSR count). The highest BCUT2D eigenvalue weighted by atomic mass is 19.4. The highest BCUT2D eigenvalue weighted by Crippen LogP contribution is 2.39. The molecule has 0 aromatic carbocycles. The fourth-order valence-corrected chi connectivity index (χ4v) is 2.06. The molecule has 1 N–H and O–H groups in total. The Bertz CT molecular complexity index is 659. The van der Waals surface area contributed by atoms with E-state index >= 15 is 0 Å². The highest BCUT2D eigenvalue weighted by Gasteiger charge is 2.40. The number of carboxylic acid groups (broad SMARTS) is 1. The summed E-state index contributed by atoms with van der Waals surface area (Å²) in [4.78, 5) is 25.6. The summed E-state index contributed by atoms with van der Waals surface area (Å²) in [6.07, 6.45) is -3.10. The van der Waals surface area contributed by atoms with Gasteiger partial charge >= 0.3 is 17.8 Å². The quantitative estimate of drug-likeness (QED) is 0.461. The van der Waals surface area contributed by atoms with Crippen LogP contribution in [0.1, 0.15) is 36.3 Å². The number of halogens is 3. The summed E-state index contributed by atoms with van der Waals surface area (Å²) in [5, 5.41) is 19.9. The second-order valence-electron chi connectivity index (χ2n) is 5.15. The van der Waals surface area contributed by atoms with Gasteiger partial charge in [-0.25, -0.2) is 9.78 Å². The van der Waals surface area contributed by atoms with Gasteiger partial charge in [-0.2, -0.15) is 13.2 Å². The summed E-state index contributed by atoms with van der Waals surface area (Å²) in [7, 11) is 0. The van der Waals surface area contributed by atoms with Crippen LogP contribution in [-0.4, -0.2) is 33.6 Å². The Kier molecular flexibility index (Phi) is 5.88. The average Bonchev–Trinajstić information content (AvgIpc) is 2.45. The van der Waals surface area contributed by atoms with E-state index in [-0.39, 0.29) is 12.6 Å². The molecule has 0 spiro atoms. The van der Waals surface area contributed by atoms with Crippen molar-refractivity contribution in [1.29, 1.82) is 0 Å². The molecule has 132 valence electrons. The fraction of sp³-hybridized carbons (Fsp3) is 0.429. The summed E-state index contributed by atoms with van der Waals surface area (Å²) in [5.74, 6) is -2.42. The van der Waals surface area contributed by atoms with E-state index < -0.39 is 45.9 Å². The minimum absolute atomic E-state index is 0.105. The molecule has 1 aromatic heterocycles. The minimum Gasteiger partial charge on any atom is -0.476 e. The van der Waals surface area contributed by atoms with Gasteiger partial charge in [0.1, 0.15) is 11.4 Å². The van der Waals surface area contributed by atoms with E-state index in [4.69, 9.17) is 5.11 Å². The average molecular weight is 347 g/mol. The lowest BCUT2D eigenvalue weighted by Gasteiger charge is -2.30. The number of rotatable bonds is 7. The number of hydrogen-bond donors (Lipinski definition) is 1. The van der Waals surface area contributed by atoms with Crippen molar-refractivity contribution in [3.05, 3.63) is 40.1 Å². The van der Waals surface area contributed by atoms with Gasteiger partial charge in [-0.3, -0.25) is 10.1 Å². The molecule has 0 aliphatic rings. The monoisotopic (exact) mass is 347 g/mol. The molecular weight excluding hydrogens is 331 g/mol. The predicted octanol–water partition coefficient (Wildman–Crippen LogP) is 3.50. The molecule has 0 aliphatic heterocycles. The van der Waals surface area contributed by atoms with E-state index in [1.807, 2.05) is 0 Å². The van der Waals surface area contributed by atoms with E-state index in [9.17, 15) is 28.1 Å². The first-order valence-electron chi connectivity index (χ1n) is 6.88. The summed E-state index contributed by atoms with van der Waals surface area (Å²) in [5.41, 5.74) is -3.59. The molecular formula is C14H16F3N3O4. The van der Waals surface area contributed by atoms with Crippen molar-refractivity contribution in [2.24, 2.45) is 0 Å². The molecule has 0 saturated heterocycles. The third-order valence-corrected chi connectivity index (χ3v) is 3.16.